The van der Waals surface area contributed by atoms with Crippen molar-refractivity contribution in [1.82, 2.24) is 20.0 Å². The van der Waals surface area contributed by atoms with E-state index in [0.29, 0.717) is 29.2 Å². The molecule has 0 bridgehead atoms. The van der Waals surface area contributed by atoms with Gasteiger partial charge >= 0.3 is 6.03 Å². The number of nitrogens with zero attached hydrogens (tertiary/aromatic N) is 5. The van der Waals surface area contributed by atoms with Crippen molar-refractivity contribution in [2.24, 2.45) is 4.99 Å². The number of likely N-dealkylation sites (tertiary alicyclic amines) is 1. The van der Waals surface area contributed by atoms with Crippen LogP contribution in [0.15, 0.2) is 52.5 Å². The number of nitrogens with one attached hydrogen (secondary N) is 1. The Hall–Kier alpha value is -4.35. The Morgan fingerprint density at radius 2 is 1.69 bits per heavy atom. The van der Waals surface area contributed by atoms with Gasteiger partial charge in [-0.2, -0.15) is 0 Å². The van der Waals surface area contributed by atoms with Gasteiger partial charge in [-0.25, -0.2) is 4.79 Å². The molecule has 0 radical (unpaired) electrons. The molecular weight excluding hydrogens is 644 g/mol. The first-order chi connectivity index (χ1) is 23.5. The lowest BCUT2D eigenvalue weighted by atomic mass is 9.88. The zero-order valence-corrected chi connectivity index (χ0v) is 29.0. The van der Waals surface area contributed by atoms with Gasteiger partial charge in [0.1, 0.15) is 6.04 Å². The largest absolute Gasteiger partial charge is 0.324 e. The number of piperidine rings is 2. The van der Waals surface area contributed by atoms with E-state index in [0.717, 1.165) is 72.7 Å². The van der Waals surface area contributed by atoms with Crippen molar-refractivity contribution in [3.05, 3.63) is 69.8 Å². The van der Waals surface area contributed by atoms with Crippen LogP contribution in [0.5, 0.6) is 0 Å². The molecule has 6 rings (SSSR count). The minimum Gasteiger partial charge on any atom is -0.323 e. The molecule has 0 spiro atoms. The fourth-order valence-corrected chi connectivity index (χ4v) is 7.31. The third kappa shape index (κ3) is 7.33. The molecule has 1 unspecified atom stereocenters. The Bertz CT molecular complexity index is 1730. The summed E-state index contributed by atoms with van der Waals surface area (Å²) >= 11 is 6.43. The van der Waals surface area contributed by atoms with Crippen LogP contribution in [0.1, 0.15) is 90.6 Å². The third-order valence-electron chi connectivity index (χ3n) is 9.86. The maximum Gasteiger partial charge on any atom is 0.324 e. The summed E-state index contributed by atoms with van der Waals surface area (Å²) in [6.07, 6.45) is 4.69. The van der Waals surface area contributed by atoms with E-state index in [9.17, 15) is 24.0 Å². The van der Waals surface area contributed by atoms with Gasteiger partial charge in [0.05, 0.1) is 11.1 Å². The van der Waals surface area contributed by atoms with Crippen molar-refractivity contribution >= 4 is 58.7 Å². The predicted octanol–water partition coefficient (Wildman–Crippen LogP) is 5.05. The number of benzene rings is 2. The number of aliphatic imine (C=N–C) groups is 1. The van der Waals surface area contributed by atoms with Crippen LogP contribution in [-0.2, 0) is 9.59 Å². The van der Waals surface area contributed by atoms with E-state index in [2.05, 4.69) is 15.2 Å². The van der Waals surface area contributed by atoms with Crippen LogP contribution in [0.2, 0.25) is 0 Å². The fourth-order valence-electron chi connectivity index (χ4n) is 7.15. The Morgan fingerprint density at radius 1 is 0.939 bits per heavy atom. The molecule has 0 saturated carbocycles. The van der Waals surface area contributed by atoms with Gasteiger partial charge in [0.15, 0.2) is 0 Å². The van der Waals surface area contributed by atoms with E-state index < -0.39 is 29.7 Å². The maximum absolute atomic E-state index is 13.6. The number of carbonyl (C=O) groups is 5. The smallest absolute Gasteiger partial charge is 0.323 e. The second-order valence-corrected chi connectivity index (χ2v) is 14.1. The lowest BCUT2D eigenvalue weighted by Gasteiger charge is -2.38. The first-order valence-corrected chi connectivity index (χ1v) is 17.5. The van der Waals surface area contributed by atoms with E-state index in [1.165, 1.54) is 0 Å². The minimum absolute atomic E-state index is 0.00552. The quantitative estimate of drug-likeness (QED) is 0.291. The molecule has 4 heterocycles. The van der Waals surface area contributed by atoms with Crippen molar-refractivity contribution in [3.63, 3.8) is 0 Å². The molecule has 12 heteroatoms. The number of amides is 6. The summed E-state index contributed by atoms with van der Waals surface area (Å²) in [7, 11) is 0. The number of imide groups is 2. The number of urea groups is 1. The molecule has 49 heavy (non-hydrogen) atoms. The van der Waals surface area contributed by atoms with Gasteiger partial charge < -0.3 is 9.80 Å². The van der Waals surface area contributed by atoms with Crippen molar-refractivity contribution in [3.8, 4) is 0 Å². The topological polar surface area (TPSA) is 123 Å². The average molecular weight is 687 g/mol. The lowest BCUT2D eigenvalue weighted by molar-refractivity contribution is -0.136. The van der Waals surface area contributed by atoms with Gasteiger partial charge in [-0.3, -0.25) is 39.3 Å². The second-order valence-electron chi connectivity index (χ2n) is 13.5. The van der Waals surface area contributed by atoms with E-state index in [-0.39, 0.29) is 30.8 Å². The lowest BCUT2D eigenvalue weighted by Crippen LogP contribution is -2.54. The molecule has 2 aromatic carbocycles. The Kier molecular flexibility index (Phi) is 10.3. The molecule has 4 aliphatic heterocycles. The molecule has 258 valence electrons. The highest BCUT2D eigenvalue weighted by Crippen LogP contribution is 2.34. The van der Waals surface area contributed by atoms with Gasteiger partial charge in [0, 0.05) is 61.1 Å². The van der Waals surface area contributed by atoms with Crippen LogP contribution < -0.4 is 10.2 Å². The van der Waals surface area contributed by atoms with Gasteiger partial charge in [-0.1, -0.05) is 29.8 Å². The molecule has 3 fully saturated rings. The van der Waals surface area contributed by atoms with Crippen LogP contribution in [0.3, 0.4) is 0 Å². The highest BCUT2D eigenvalue weighted by molar-refractivity contribution is 6.36. The first-order valence-electron chi connectivity index (χ1n) is 17.2. The molecule has 4 aliphatic rings. The normalized spacial score (nSPS) is 21.6. The van der Waals surface area contributed by atoms with E-state index in [1.807, 2.05) is 73.2 Å². The summed E-state index contributed by atoms with van der Waals surface area (Å²) in [5.41, 5.74) is 4.24. The minimum atomic E-state index is -0.972. The van der Waals surface area contributed by atoms with E-state index in [4.69, 9.17) is 11.6 Å². The van der Waals surface area contributed by atoms with Crippen LogP contribution in [-0.4, -0.2) is 102 Å². The van der Waals surface area contributed by atoms with Gasteiger partial charge in [-0.05, 0) is 101 Å². The monoisotopic (exact) mass is 686 g/mol. The standard InChI is InChI=1S/C37H43ClN6O5/c1-23(2)39-22-31(24(3)38)27-6-4-7-28(20-27)43-15-5-14-42(37(43)49)19-18-41-16-12-25(13-17-41)26-8-9-29-30(21-26)36(48)44(35(29)47)32-10-11-33(45)40-34(32)46/h4,6-9,20-23,25,32H,5,10-19H2,1-3H3,(H,40,45,46)/b31-24-,39-22?. The van der Waals surface area contributed by atoms with E-state index in [1.54, 1.807) is 6.07 Å². The molecule has 1 N–H and O–H groups in total. The molecule has 3 saturated heterocycles. The fraction of sp³-hybridized carbons (Fsp3) is 0.459. The highest BCUT2D eigenvalue weighted by atomic mass is 35.5. The van der Waals surface area contributed by atoms with Crippen LogP contribution in [0.25, 0.3) is 5.57 Å². The highest BCUT2D eigenvalue weighted by Gasteiger charge is 2.45. The molecule has 2 aromatic rings. The first kappa shape index (κ1) is 34.5. The summed E-state index contributed by atoms with van der Waals surface area (Å²) < 4.78 is 0. The number of anilines is 1. The predicted molar refractivity (Wildman–Crippen MR) is 189 cm³/mol. The molecule has 0 aromatic heterocycles. The van der Waals surface area contributed by atoms with Gasteiger partial charge in [-0.15, -0.1) is 0 Å². The summed E-state index contributed by atoms with van der Waals surface area (Å²) in [5, 5.41) is 2.88. The summed E-state index contributed by atoms with van der Waals surface area (Å²) in [5.74, 6) is -1.74. The van der Waals surface area contributed by atoms with Crippen molar-refractivity contribution < 1.29 is 24.0 Å². The average Bonchev–Trinajstić information content (AvgIpc) is 3.32. The van der Waals surface area contributed by atoms with Crippen LogP contribution >= 0.6 is 11.6 Å². The Balaban J connectivity index is 1.04. The number of halogens is 1. The number of carbonyl (C=O) groups excluding carboxylic acids is 5. The number of allylic oxidation sites excluding steroid dienone is 2. The zero-order valence-electron chi connectivity index (χ0n) is 28.3. The number of hydrogen-bond acceptors (Lipinski definition) is 7. The number of fused-ring (bicyclic) bond motifs is 1. The van der Waals surface area contributed by atoms with Crippen molar-refractivity contribution in [2.75, 3.05) is 44.2 Å². The molecule has 6 amide bonds. The summed E-state index contributed by atoms with van der Waals surface area (Å²) in [6, 6.07) is 12.5. The molecular formula is C37H43ClN6O5. The SMILES string of the molecule is C/C(Cl)=C(\C=NC(C)C)c1cccc(N2CCCN(CCN3CCC(c4ccc5c(c4)C(=O)N(C4CCC(=O)NC4=O)C5=O)CC3)C2=O)c1. The third-order valence-corrected chi connectivity index (χ3v) is 10.1. The summed E-state index contributed by atoms with van der Waals surface area (Å²) in [4.78, 5) is 75.7. The van der Waals surface area contributed by atoms with Gasteiger partial charge in [0.25, 0.3) is 11.8 Å². The summed E-state index contributed by atoms with van der Waals surface area (Å²) in [6.45, 7) is 10.4. The van der Waals surface area contributed by atoms with E-state index >= 15 is 0 Å². The number of hydrogen-bond donors (Lipinski definition) is 1. The molecule has 0 aliphatic carbocycles. The molecule has 1 atom stereocenters. The Morgan fingerprint density at radius 3 is 2.41 bits per heavy atom. The van der Waals surface area contributed by atoms with Crippen LogP contribution in [0.4, 0.5) is 10.5 Å². The second kappa shape index (κ2) is 14.6. The number of rotatable bonds is 9. The Labute approximate surface area is 291 Å². The van der Waals surface area contributed by atoms with Crippen molar-refractivity contribution in [2.45, 2.75) is 70.9 Å². The van der Waals surface area contributed by atoms with Gasteiger partial charge in [0.2, 0.25) is 11.8 Å². The molecule has 11 nitrogen and oxygen atoms in total. The maximum atomic E-state index is 13.6. The van der Waals surface area contributed by atoms with Crippen LogP contribution in [0, 0.1) is 0 Å². The van der Waals surface area contributed by atoms with Crippen molar-refractivity contribution in [1.29, 1.82) is 0 Å². The zero-order chi connectivity index (χ0) is 34.8.